The summed E-state index contributed by atoms with van der Waals surface area (Å²) in [5.41, 5.74) is 8.74. The molecule has 0 spiro atoms. The van der Waals surface area contributed by atoms with Gasteiger partial charge in [-0.05, 0) is 31.0 Å². The van der Waals surface area contributed by atoms with Crippen LogP contribution in [0.1, 0.15) is 19.5 Å². The Hall–Kier alpha value is -1.59. The molecular formula is C15H16ClN3OS. The highest BCUT2D eigenvalue weighted by molar-refractivity contribution is 7.99. The zero-order valence-electron chi connectivity index (χ0n) is 11.9. The Labute approximate surface area is 133 Å². The van der Waals surface area contributed by atoms with Crippen LogP contribution in [0, 0.1) is 0 Å². The fourth-order valence-corrected chi connectivity index (χ4v) is 2.72. The predicted octanol–water partition coefficient (Wildman–Crippen LogP) is 3.62. The number of aromatic nitrogens is 2. The summed E-state index contributed by atoms with van der Waals surface area (Å²) in [6, 6.07) is 7.43. The minimum atomic E-state index is 0.0852. The molecule has 0 radical (unpaired) electrons. The van der Waals surface area contributed by atoms with E-state index in [1.54, 1.807) is 6.92 Å². The van der Waals surface area contributed by atoms with E-state index >= 15 is 0 Å². The quantitative estimate of drug-likeness (QED) is 0.672. The number of aryl methyl sites for hydroxylation is 1. The van der Waals surface area contributed by atoms with Crippen LogP contribution in [0.2, 0.25) is 5.02 Å². The van der Waals surface area contributed by atoms with Gasteiger partial charge in [-0.1, -0.05) is 42.4 Å². The van der Waals surface area contributed by atoms with E-state index in [1.807, 2.05) is 31.2 Å². The van der Waals surface area contributed by atoms with Gasteiger partial charge < -0.3 is 5.73 Å². The van der Waals surface area contributed by atoms with Gasteiger partial charge in [0.1, 0.15) is 11.6 Å². The molecule has 2 rings (SSSR count). The third kappa shape index (κ3) is 3.95. The fourth-order valence-electron chi connectivity index (χ4n) is 1.92. The van der Waals surface area contributed by atoms with Crippen molar-refractivity contribution >= 4 is 35.0 Å². The molecule has 0 amide bonds. The van der Waals surface area contributed by atoms with Gasteiger partial charge in [0.25, 0.3) is 0 Å². The first-order chi connectivity index (χ1) is 10.0. The van der Waals surface area contributed by atoms with Crippen LogP contribution in [0.25, 0.3) is 11.1 Å². The summed E-state index contributed by atoms with van der Waals surface area (Å²) in [5, 5.41) is 1.21. The lowest BCUT2D eigenvalue weighted by molar-refractivity contribution is -0.114. The number of halogens is 1. The smallest absolute Gasteiger partial charge is 0.190 e. The number of rotatable bonds is 5. The Morgan fingerprint density at radius 3 is 2.52 bits per heavy atom. The van der Waals surface area contributed by atoms with Gasteiger partial charge in [-0.15, -0.1) is 0 Å². The zero-order chi connectivity index (χ0) is 15.4. The van der Waals surface area contributed by atoms with E-state index in [1.165, 1.54) is 11.8 Å². The summed E-state index contributed by atoms with van der Waals surface area (Å²) in [6.07, 6.45) is 0.734. The van der Waals surface area contributed by atoms with Crippen molar-refractivity contribution in [3.8, 4) is 11.1 Å². The number of thioether (sulfide) groups is 1. The van der Waals surface area contributed by atoms with E-state index in [4.69, 9.17) is 17.3 Å². The average molecular weight is 322 g/mol. The molecule has 0 saturated heterocycles. The lowest BCUT2D eigenvalue weighted by atomic mass is 10.0. The maximum atomic E-state index is 11.1. The minimum Gasteiger partial charge on any atom is -0.383 e. The first kappa shape index (κ1) is 15.8. The highest BCUT2D eigenvalue weighted by atomic mass is 35.5. The molecule has 2 aromatic rings. The van der Waals surface area contributed by atoms with Gasteiger partial charge in [-0.2, -0.15) is 0 Å². The van der Waals surface area contributed by atoms with Gasteiger partial charge in [0.05, 0.1) is 11.4 Å². The molecule has 0 aliphatic heterocycles. The molecule has 0 bridgehead atoms. The summed E-state index contributed by atoms with van der Waals surface area (Å²) in [7, 11) is 0. The summed E-state index contributed by atoms with van der Waals surface area (Å²) >= 11 is 7.22. The van der Waals surface area contributed by atoms with Crippen molar-refractivity contribution in [3.63, 3.8) is 0 Å². The van der Waals surface area contributed by atoms with E-state index in [2.05, 4.69) is 9.97 Å². The number of anilines is 1. The van der Waals surface area contributed by atoms with Gasteiger partial charge in [0.15, 0.2) is 5.16 Å². The summed E-state index contributed by atoms with van der Waals surface area (Å²) < 4.78 is 0. The summed E-state index contributed by atoms with van der Waals surface area (Å²) in [4.78, 5) is 19.9. The van der Waals surface area contributed by atoms with Crippen molar-refractivity contribution in [3.05, 3.63) is 35.0 Å². The lowest BCUT2D eigenvalue weighted by Crippen LogP contribution is -2.05. The van der Waals surface area contributed by atoms with Crippen LogP contribution in [-0.2, 0) is 11.2 Å². The molecule has 1 aromatic carbocycles. The van der Waals surface area contributed by atoms with Crippen LogP contribution < -0.4 is 5.73 Å². The van der Waals surface area contributed by atoms with E-state index in [0.717, 1.165) is 23.2 Å². The maximum absolute atomic E-state index is 11.1. The molecule has 0 aliphatic rings. The monoisotopic (exact) mass is 321 g/mol. The Balaban J connectivity index is 2.42. The first-order valence-corrected chi connectivity index (χ1v) is 7.92. The number of carbonyl (C=O) groups excluding carboxylic acids is 1. The van der Waals surface area contributed by atoms with Crippen molar-refractivity contribution in [2.24, 2.45) is 0 Å². The fraction of sp³-hybridized carbons (Fsp3) is 0.267. The Bertz CT molecular complexity index is 659. The second-order valence-corrected chi connectivity index (χ2v) is 5.94. The number of Topliss-reactive ketones (excluding diaryl/α,β-unsaturated/α-hetero) is 1. The summed E-state index contributed by atoms with van der Waals surface area (Å²) in [5.74, 6) is 0.861. The average Bonchev–Trinajstić information content (AvgIpc) is 2.45. The molecule has 110 valence electrons. The molecule has 0 saturated carbocycles. The highest BCUT2D eigenvalue weighted by Crippen LogP contribution is 2.30. The van der Waals surface area contributed by atoms with Crippen LogP contribution in [0.3, 0.4) is 0 Å². The largest absolute Gasteiger partial charge is 0.383 e. The van der Waals surface area contributed by atoms with Crippen molar-refractivity contribution in [2.45, 2.75) is 25.4 Å². The number of nitrogens with zero attached hydrogens (tertiary/aromatic N) is 2. The third-order valence-electron chi connectivity index (χ3n) is 2.86. The van der Waals surface area contributed by atoms with Gasteiger partial charge >= 0.3 is 0 Å². The van der Waals surface area contributed by atoms with E-state index in [-0.39, 0.29) is 5.78 Å². The van der Waals surface area contributed by atoms with E-state index in [0.29, 0.717) is 21.7 Å². The molecule has 1 aromatic heterocycles. The number of hydrogen-bond donors (Lipinski definition) is 1. The van der Waals surface area contributed by atoms with Crippen LogP contribution >= 0.6 is 23.4 Å². The van der Waals surface area contributed by atoms with Crippen molar-refractivity contribution in [2.75, 3.05) is 11.5 Å². The number of carbonyl (C=O) groups is 1. The maximum Gasteiger partial charge on any atom is 0.190 e. The van der Waals surface area contributed by atoms with Gasteiger partial charge in [-0.25, -0.2) is 9.97 Å². The second kappa shape index (κ2) is 6.91. The number of nitrogen functional groups attached to an aromatic ring is 1. The molecule has 0 atom stereocenters. The molecule has 1 heterocycles. The molecule has 6 heteroatoms. The molecule has 0 fully saturated rings. The molecule has 21 heavy (non-hydrogen) atoms. The second-order valence-electron chi connectivity index (χ2n) is 4.56. The first-order valence-electron chi connectivity index (χ1n) is 6.55. The Morgan fingerprint density at radius 1 is 1.29 bits per heavy atom. The number of nitrogens with two attached hydrogens (primary N) is 1. The van der Waals surface area contributed by atoms with Crippen molar-refractivity contribution < 1.29 is 4.79 Å². The Kier molecular flexibility index (Phi) is 5.20. The van der Waals surface area contributed by atoms with Crippen LogP contribution in [-0.4, -0.2) is 21.5 Å². The number of hydrogen-bond acceptors (Lipinski definition) is 5. The van der Waals surface area contributed by atoms with Crippen molar-refractivity contribution in [1.29, 1.82) is 0 Å². The third-order valence-corrected chi connectivity index (χ3v) is 4.11. The van der Waals surface area contributed by atoms with Crippen molar-refractivity contribution in [1.82, 2.24) is 9.97 Å². The molecule has 0 unspecified atom stereocenters. The number of ketones is 1. The van der Waals surface area contributed by atoms with Gasteiger partial charge in [-0.3, -0.25) is 4.79 Å². The molecule has 2 N–H and O–H groups in total. The SMILES string of the molecule is CCc1nc(SCC(C)=O)nc(N)c1-c1ccc(Cl)cc1. The molecule has 0 aliphatic carbocycles. The normalized spacial score (nSPS) is 10.6. The van der Waals surface area contributed by atoms with Gasteiger partial charge in [0.2, 0.25) is 0 Å². The minimum absolute atomic E-state index is 0.0852. The topological polar surface area (TPSA) is 68.9 Å². The number of benzene rings is 1. The molecular weight excluding hydrogens is 306 g/mol. The van der Waals surface area contributed by atoms with Crippen LogP contribution in [0.4, 0.5) is 5.82 Å². The Morgan fingerprint density at radius 2 is 1.95 bits per heavy atom. The van der Waals surface area contributed by atoms with Crippen LogP contribution in [0.15, 0.2) is 29.4 Å². The summed E-state index contributed by atoms with van der Waals surface area (Å²) in [6.45, 7) is 3.56. The van der Waals surface area contributed by atoms with Crippen LogP contribution in [0.5, 0.6) is 0 Å². The lowest BCUT2D eigenvalue weighted by Gasteiger charge is -2.12. The highest BCUT2D eigenvalue weighted by Gasteiger charge is 2.14. The van der Waals surface area contributed by atoms with E-state index < -0.39 is 0 Å². The van der Waals surface area contributed by atoms with Gasteiger partial charge in [0, 0.05) is 10.6 Å². The zero-order valence-corrected chi connectivity index (χ0v) is 13.5. The van der Waals surface area contributed by atoms with E-state index in [9.17, 15) is 4.79 Å². The predicted molar refractivity (Wildman–Crippen MR) is 87.7 cm³/mol. The molecule has 4 nitrogen and oxygen atoms in total. The standard InChI is InChI=1S/C15H16ClN3OS/c1-3-12-13(10-4-6-11(16)7-5-10)14(17)19-15(18-12)21-8-9(2)20/h4-7H,3,8H2,1-2H3,(H2,17,18,19).